The van der Waals surface area contributed by atoms with Crippen LogP contribution in [0.5, 0.6) is 0 Å². The SMILES string of the molecule is CCC(C)n1ccc(CC(=O)CC2CCOC2)n1. The molecule has 1 aromatic heterocycles. The molecule has 2 unspecified atom stereocenters. The fourth-order valence-corrected chi connectivity index (χ4v) is 2.24. The van der Waals surface area contributed by atoms with Crippen LogP contribution in [-0.2, 0) is 16.0 Å². The van der Waals surface area contributed by atoms with Gasteiger partial charge in [-0.05, 0) is 31.7 Å². The lowest BCUT2D eigenvalue weighted by atomic mass is 10.00. The van der Waals surface area contributed by atoms with E-state index in [4.69, 9.17) is 4.74 Å². The first kappa shape index (κ1) is 13.3. The van der Waals surface area contributed by atoms with E-state index in [1.54, 1.807) is 0 Å². The van der Waals surface area contributed by atoms with Crippen LogP contribution in [0.2, 0.25) is 0 Å². The number of hydrogen-bond acceptors (Lipinski definition) is 3. The second-order valence-electron chi connectivity index (χ2n) is 5.19. The summed E-state index contributed by atoms with van der Waals surface area (Å²) in [7, 11) is 0. The van der Waals surface area contributed by atoms with Crippen LogP contribution in [0.4, 0.5) is 0 Å². The highest BCUT2D eigenvalue weighted by Crippen LogP contribution is 2.17. The molecule has 0 aliphatic carbocycles. The molecule has 18 heavy (non-hydrogen) atoms. The molecule has 0 saturated carbocycles. The van der Waals surface area contributed by atoms with Gasteiger partial charge in [0, 0.05) is 31.9 Å². The molecule has 1 fully saturated rings. The van der Waals surface area contributed by atoms with Gasteiger partial charge in [-0.15, -0.1) is 0 Å². The maximum Gasteiger partial charge on any atom is 0.139 e. The van der Waals surface area contributed by atoms with Crippen LogP contribution >= 0.6 is 0 Å². The second kappa shape index (κ2) is 6.14. The standard InChI is InChI=1S/C14H22N2O2/c1-3-11(2)16-6-4-13(15-16)9-14(17)8-12-5-7-18-10-12/h4,6,11-12H,3,5,7-10H2,1-2H3. The number of carbonyl (C=O) groups is 1. The summed E-state index contributed by atoms with van der Waals surface area (Å²) in [5, 5.41) is 4.46. The lowest BCUT2D eigenvalue weighted by Crippen LogP contribution is -2.12. The Bertz CT molecular complexity index is 394. The summed E-state index contributed by atoms with van der Waals surface area (Å²) in [5.41, 5.74) is 0.888. The van der Waals surface area contributed by atoms with E-state index in [2.05, 4.69) is 18.9 Å². The summed E-state index contributed by atoms with van der Waals surface area (Å²) in [6, 6.07) is 2.35. The lowest BCUT2D eigenvalue weighted by Gasteiger charge is -2.08. The number of aromatic nitrogens is 2. The van der Waals surface area contributed by atoms with Gasteiger partial charge in [0.25, 0.3) is 0 Å². The number of Topliss-reactive ketones (excluding diaryl/α,β-unsaturated/α-hetero) is 1. The third-order valence-electron chi connectivity index (χ3n) is 3.62. The molecule has 1 aromatic rings. The van der Waals surface area contributed by atoms with Gasteiger partial charge in [-0.3, -0.25) is 9.48 Å². The largest absolute Gasteiger partial charge is 0.381 e. The molecule has 1 saturated heterocycles. The van der Waals surface area contributed by atoms with E-state index in [1.165, 1.54) is 0 Å². The van der Waals surface area contributed by atoms with Gasteiger partial charge in [-0.2, -0.15) is 5.10 Å². The third-order valence-corrected chi connectivity index (χ3v) is 3.62. The number of hydrogen-bond donors (Lipinski definition) is 0. The Morgan fingerprint density at radius 1 is 1.67 bits per heavy atom. The number of rotatable bonds is 6. The van der Waals surface area contributed by atoms with Gasteiger partial charge in [-0.1, -0.05) is 6.92 Å². The minimum Gasteiger partial charge on any atom is -0.381 e. The van der Waals surface area contributed by atoms with Crippen LogP contribution in [0, 0.1) is 5.92 Å². The molecule has 0 amide bonds. The van der Waals surface area contributed by atoms with Crippen molar-refractivity contribution in [1.82, 2.24) is 9.78 Å². The molecular weight excluding hydrogens is 228 g/mol. The molecule has 0 N–H and O–H groups in total. The average Bonchev–Trinajstić information content (AvgIpc) is 2.99. The highest BCUT2D eigenvalue weighted by molar-refractivity contribution is 5.80. The first-order valence-electron chi connectivity index (χ1n) is 6.82. The van der Waals surface area contributed by atoms with Crippen molar-refractivity contribution in [3.05, 3.63) is 18.0 Å². The normalized spacial score (nSPS) is 21.1. The molecule has 0 bridgehead atoms. The molecule has 0 radical (unpaired) electrons. The quantitative estimate of drug-likeness (QED) is 0.778. The molecule has 0 spiro atoms. The fourth-order valence-electron chi connectivity index (χ4n) is 2.24. The predicted octanol–water partition coefficient (Wildman–Crippen LogP) is 2.39. The Kier molecular flexibility index (Phi) is 4.53. The molecule has 1 aliphatic rings. The van der Waals surface area contributed by atoms with E-state index in [0.29, 0.717) is 24.8 Å². The van der Waals surface area contributed by atoms with Gasteiger partial charge >= 0.3 is 0 Å². The number of nitrogens with zero attached hydrogens (tertiary/aromatic N) is 2. The van der Waals surface area contributed by atoms with E-state index in [1.807, 2.05) is 16.9 Å². The molecule has 2 heterocycles. The van der Waals surface area contributed by atoms with Crippen LogP contribution in [0.15, 0.2) is 12.3 Å². The van der Waals surface area contributed by atoms with Crippen LogP contribution in [-0.4, -0.2) is 28.8 Å². The summed E-state index contributed by atoms with van der Waals surface area (Å²) >= 11 is 0. The molecule has 4 nitrogen and oxygen atoms in total. The highest BCUT2D eigenvalue weighted by atomic mass is 16.5. The van der Waals surface area contributed by atoms with Gasteiger partial charge in [-0.25, -0.2) is 0 Å². The molecule has 1 aliphatic heterocycles. The zero-order valence-corrected chi connectivity index (χ0v) is 11.3. The zero-order chi connectivity index (χ0) is 13.0. The second-order valence-corrected chi connectivity index (χ2v) is 5.19. The Morgan fingerprint density at radius 3 is 3.17 bits per heavy atom. The smallest absolute Gasteiger partial charge is 0.139 e. The van der Waals surface area contributed by atoms with E-state index < -0.39 is 0 Å². The van der Waals surface area contributed by atoms with Crippen molar-refractivity contribution in [2.24, 2.45) is 5.92 Å². The lowest BCUT2D eigenvalue weighted by molar-refractivity contribution is -0.119. The molecule has 4 heteroatoms. The van der Waals surface area contributed by atoms with E-state index >= 15 is 0 Å². The summed E-state index contributed by atoms with van der Waals surface area (Å²) in [6.45, 7) is 5.82. The minimum atomic E-state index is 0.278. The van der Waals surface area contributed by atoms with Gasteiger partial charge in [0.05, 0.1) is 12.1 Å². The first-order valence-corrected chi connectivity index (χ1v) is 6.82. The van der Waals surface area contributed by atoms with Gasteiger partial charge in [0.15, 0.2) is 0 Å². The Labute approximate surface area is 108 Å². The summed E-state index contributed by atoms with van der Waals surface area (Å²) in [5.74, 6) is 0.703. The minimum absolute atomic E-state index is 0.278. The molecule has 100 valence electrons. The van der Waals surface area contributed by atoms with E-state index in [0.717, 1.165) is 31.7 Å². The van der Waals surface area contributed by atoms with Gasteiger partial charge in [0.2, 0.25) is 0 Å². The summed E-state index contributed by atoms with van der Waals surface area (Å²) in [4.78, 5) is 11.9. The Morgan fingerprint density at radius 2 is 2.50 bits per heavy atom. The van der Waals surface area contributed by atoms with Crippen LogP contribution in [0.3, 0.4) is 0 Å². The van der Waals surface area contributed by atoms with Crippen molar-refractivity contribution in [2.75, 3.05) is 13.2 Å². The first-order chi connectivity index (χ1) is 8.69. The highest BCUT2D eigenvalue weighted by Gasteiger charge is 2.19. The Balaban J connectivity index is 1.84. The number of ether oxygens (including phenoxy) is 1. The van der Waals surface area contributed by atoms with Crippen molar-refractivity contribution in [2.45, 2.75) is 45.6 Å². The maximum absolute atomic E-state index is 11.9. The van der Waals surface area contributed by atoms with Gasteiger partial charge < -0.3 is 4.74 Å². The molecule has 0 aromatic carbocycles. The van der Waals surface area contributed by atoms with Crippen LogP contribution in [0.1, 0.15) is 44.8 Å². The zero-order valence-electron chi connectivity index (χ0n) is 11.3. The molecular formula is C14H22N2O2. The van der Waals surface area contributed by atoms with Crippen molar-refractivity contribution >= 4 is 5.78 Å². The van der Waals surface area contributed by atoms with Crippen molar-refractivity contribution in [3.63, 3.8) is 0 Å². The summed E-state index contributed by atoms with van der Waals surface area (Å²) in [6.07, 6.45) is 5.13. The number of ketones is 1. The Hall–Kier alpha value is -1.16. The third kappa shape index (κ3) is 3.42. The van der Waals surface area contributed by atoms with Gasteiger partial charge in [0.1, 0.15) is 5.78 Å². The van der Waals surface area contributed by atoms with E-state index in [9.17, 15) is 4.79 Å². The summed E-state index contributed by atoms with van der Waals surface area (Å²) < 4.78 is 7.23. The monoisotopic (exact) mass is 250 g/mol. The van der Waals surface area contributed by atoms with Crippen molar-refractivity contribution in [1.29, 1.82) is 0 Å². The van der Waals surface area contributed by atoms with E-state index in [-0.39, 0.29) is 5.78 Å². The van der Waals surface area contributed by atoms with Crippen molar-refractivity contribution < 1.29 is 9.53 Å². The topological polar surface area (TPSA) is 44.1 Å². The molecule has 2 atom stereocenters. The molecule has 2 rings (SSSR count). The van der Waals surface area contributed by atoms with Crippen LogP contribution < -0.4 is 0 Å². The van der Waals surface area contributed by atoms with Crippen molar-refractivity contribution in [3.8, 4) is 0 Å². The van der Waals surface area contributed by atoms with Crippen LogP contribution in [0.25, 0.3) is 0 Å². The predicted molar refractivity (Wildman–Crippen MR) is 69.5 cm³/mol. The maximum atomic E-state index is 11.9. The average molecular weight is 250 g/mol. The fraction of sp³-hybridized carbons (Fsp3) is 0.714. The number of carbonyl (C=O) groups excluding carboxylic acids is 1.